The van der Waals surface area contributed by atoms with Gasteiger partial charge in [-0.25, -0.2) is 18.2 Å². The van der Waals surface area contributed by atoms with E-state index in [-0.39, 0.29) is 33.3 Å². The van der Waals surface area contributed by atoms with Gasteiger partial charge in [-0.3, -0.25) is 0 Å². The number of anilines is 1. The van der Waals surface area contributed by atoms with Gasteiger partial charge in [0, 0.05) is 46.4 Å². The van der Waals surface area contributed by atoms with E-state index in [1.54, 1.807) is 12.1 Å². The molecule has 1 fully saturated rings. The predicted molar refractivity (Wildman–Crippen MR) is 133 cm³/mol. The number of methoxy groups -OCH3 is 1. The van der Waals surface area contributed by atoms with Crippen molar-refractivity contribution in [2.24, 2.45) is 0 Å². The topological polar surface area (TPSA) is 80.6 Å². The van der Waals surface area contributed by atoms with Crippen LogP contribution in [0.2, 0.25) is 5.02 Å². The lowest BCUT2D eigenvalue weighted by molar-refractivity contribution is 0.122. The van der Waals surface area contributed by atoms with Gasteiger partial charge in [-0.2, -0.15) is 0 Å². The van der Waals surface area contributed by atoms with Crippen LogP contribution in [0.1, 0.15) is 29.5 Å². The number of aliphatic hydroxyl groups excluding tert-OH is 1. The molecule has 1 atom stereocenters. The molecule has 0 spiro atoms. The van der Waals surface area contributed by atoms with Gasteiger partial charge in [0.1, 0.15) is 17.6 Å². The Morgan fingerprint density at radius 1 is 1.00 bits per heavy atom. The quantitative estimate of drug-likeness (QED) is 0.360. The molecule has 2 aromatic heterocycles. The molecule has 1 aliphatic heterocycles. The predicted octanol–water partition coefficient (Wildman–Crippen LogP) is 5.35. The van der Waals surface area contributed by atoms with Crippen molar-refractivity contribution in [1.29, 1.82) is 0 Å². The first-order valence-electron chi connectivity index (χ1n) is 11.5. The van der Waals surface area contributed by atoms with E-state index in [0.29, 0.717) is 37.2 Å². The molecule has 0 radical (unpaired) electrons. The van der Waals surface area contributed by atoms with Crippen LogP contribution in [0.25, 0.3) is 22.0 Å². The third-order valence-corrected chi connectivity index (χ3v) is 6.56. The average Bonchev–Trinajstić information content (AvgIpc) is 2.92. The van der Waals surface area contributed by atoms with Gasteiger partial charge in [-0.05, 0) is 42.0 Å². The van der Waals surface area contributed by atoms with Gasteiger partial charge in [0.05, 0.1) is 31.5 Å². The molecule has 3 heterocycles. The lowest BCUT2D eigenvalue weighted by Crippen LogP contribution is -2.36. The number of fused-ring (bicyclic) bond motifs is 1. The molecule has 5 rings (SSSR count). The van der Waals surface area contributed by atoms with Gasteiger partial charge in [-0.15, -0.1) is 10.2 Å². The molecule has 0 bridgehead atoms. The van der Waals surface area contributed by atoms with Crippen molar-refractivity contribution in [1.82, 2.24) is 15.2 Å². The monoisotopic (exact) mass is 530 g/mol. The molecule has 37 heavy (non-hydrogen) atoms. The molecule has 4 aromatic rings. The second kappa shape index (κ2) is 10.5. The molecule has 0 aliphatic carbocycles. The van der Waals surface area contributed by atoms with Crippen LogP contribution in [0, 0.1) is 5.82 Å². The van der Waals surface area contributed by atoms with Crippen LogP contribution in [0.5, 0.6) is 5.88 Å². The Hall–Kier alpha value is -3.47. The molecular formula is C26H22ClF3N4O3. The van der Waals surface area contributed by atoms with Crippen LogP contribution >= 0.6 is 11.6 Å². The van der Waals surface area contributed by atoms with E-state index in [0.717, 1.165) is 17.8 Å². The number of nitrogens with zero attached hydrogens (tertiary/aromatic N) is 4. The van der Waals surface area contributed by atoms with Crippen LogP contribution in [0.3, 0.4) is 0 Å². The normalized spacial score (nSPS) is 14.8. The Bertz CT molecular complexity index is 1430. The first kappa shape index (κ1) is 25.2. The molecule has 0 amide bonds. The minimum atomic E-state index is -2.87. The third kappa shape index (κ3) is 5.04. The van der Waals surface area contributed by atoms with Crippen LogP contribution in [0.4, 0.5) is 18.9 Å². The number of rotatable bonds is 6. The number of hydrogen-bond donors (Lipinski definition) is 1. The van der Waals surface area contributed by atoms with Gasteiger partial charge in [0.15, 0.2) is 0 Å². The minimum absolute atomic E-state index is 0.00616. The fourth-order valence-corrected chi connectivity index (χ4v) is 4.57. The van der Waals surface area contributed by atoms with Crippen molar-refractivity contribution in [3.63, 3.8) is 0 Å². The zero-order chi connectivity index (χ0) is 26.1. The fraction of sp³-hybridized carbons (Fsp3) is 0.269. The smallest absolute Gasteiger partial charge is 0.280 e. The highest BCUT2D eigenvalue weighted by molar-refractivity contribution is 6.31. The molecule has 1 aliphatic rings. The Morgan fingerprint density at radius 2 is 1.78 bits per heavy atom. The Morgan fingerprint density at radius 3 is 2.46 bits per heavy atom. The van der Waals surface area contributed by atoms with E-state index in [2.05, 4.69) is 20.1 Å². The summed E-state index contributed by atoms with van der Waals surface area (Å²) in [4.78, 5) is 6.23. The van der Waals surface area contributed by atoms with Crippen molar-refractivity contribution in [2.75, 3.05) is 38.3 Å². The van der Waals surface area contributed by atoms with E-state index >= 15 is 4.39 Å². The highest BCUT2D eigenvalue weighted by atomic mass is 35.5. The van der Waals surface area contributed by atoms with E-state index in [1.807, 2.05) is 6.07 Å². The number of aromatic nitrogens is 3. The Balaban J connectivity index is 1.63. The van der Waals surface area contributed by atoms with Gasteiger partial charge >= 0.3 is 0 Å². The molecule has 1 saturated heterocycles. The van der Waals surface area contributed by atoms with Crippen molar-refractivity contribution < 1.29 is 27.8 Å². The third-order valence-electron chi connectivity index (χ3n) is 6.23. The molecule has 7 nitrogen and oxygen atoms in total. The molecule has 1 N–H and O–H groups in total. The first-order valence-corrected chi connectivity index (χ1v) is 11.8. The summed E-state index contributed by atoms with van der Waals surface area (Å²) in [6.45, 7) is 2.45. The zero-order valence-electron chi connectivity index (χ0n) is 19.7. The van der Waals surface area contributed by atoms with E-state index < -0.39 is 24.0 Å². The van der Waals surface area contributed by atoms with Gasteiger partial charge < -0.3 is 19.5 Å². The van der Waals surface area contributed by atoms with Gasteiger partial charge in [0.25, 0.3) is 6.43 Å². The summed E-state index contributed by atoms with van der Waals surface area (Å²) >= 11 is 6.28. The molecule has 2 aromatic carbocycles. The second-order valence-corrected chi connectivity index (χ2v) is 8.86. The van der Waals surface area contributed by atoms with Crippen LogP contribution in [0.15, 0.2) is 48.5 Å². The summed E-state index contributed by atoms with van der Waals surface area (Å²) in [5.74, 6) is -0.479. The number of aliphatic hydroxyl groups is 1. The maximum atomic E-state index is 15.3. The van der Waals surface area contributed by atoms with Crippen molar-refractivity contribution in [3.8, 4) is 17.0 Å². The summed E-state index contributed by atoms with van der Waals surface area (Å²) in [7, 11) is 1.43. The number of pyridine rings is 1. The van der Waals surface area contributed by atoms with Gasteiger partial charge in [0.2, 0.25) is 5.88 Å². The first-order chi connectivity index (χ1) is 17.9. The maximum absolute atomic E-state index is 15.3. The molecule has 11 heteroatoms. The highest BCUT2D eigenvalue weighted by Crippen LogP contribution is 2.38. The summed E-state index contributed by atoms with van der Waals surface area (Å²) < 4.78 is 53.3. The number of ether oxygens (including phenoxy) is 2. The minimum Gasteiger partial charge on any atom is -0.480 e. The number of benzene rings is 2. The Labute approximate surface area is 215 Å². The number of hydrogen-bond acceptors (Lipinski definition) is 7. The Kier molecular flexibility index (Phi) is 7.14. The number of halogens is 4. The average molecular weight is 531 g/mol. The summed E-state index contributed by atoms with van der Waals surface area (Å²) in [6.07, 6.45) is -4.22. The lowest BCUT2D eigenvalue weighted by Gasteiger charge is -2.29. The van der Waals surface area contributed by atoms with Gasteiger partial charge in [-0.1, -0.05) is 17.7 Å². The summed E-state index contributed by atoms with van der Waals surface area (Å²) in [5.41, 5.74) is 1.12. The fourth-order valence-electron chi connectivity index (χ4n) is 4.32. The van der Waals surface area contributed by atoms with Crippen molar-refractivity contribution >= 4 is 28.2 Å². The summed E-state index contributed by atoms with van der Waals surface area (Å²) in [5, 5.41) is 19.1. The van der Waals surface area contributed by atoms with E-state index in [4.69, 9.17) is 21.1 Å². The molecule has 192 valence electrons. The number of alkyl halides is 2. The van der Waals surface area contributed by atoms with Crippen molar-refractivity contribution in [3.05, 3.63) is 76.3 Å². The van der Waals surface area contributed by atoms with E-state index in [1.165, 1.54) is 25.3 Å². The second-order valence-electron chi connectivity index (χ2n) is 8.45. The van der Waals surface area contributed by atoms with Crippen LogP contribution < -0.4 is 9.64 Å². The van der Waals surface area contributed by atoms with E-state index in [9.17, 15) is 13.9 Å². The SMILES string of the molecule is COc1ccc([C@H](O)c2cc(-c3cc(C(F)F)nc4cc(N5CCOCC5)ccc34)c(F)cc2Cl)nn1. The lowest BCUT2D eigenvalue weighted by atomic mass is 9.95. The van der Waals surface area contributed by atoms with Crippen LogP contribution in [-0.4, -0.2) is 53.7 Å². The molecule has 0 saturated carbocycles. The number of morpholine rings is 1. The summed E-state index contributed by atoms with van der Waals surface area (Å²) in [6, 6.07) is 11.9. The standard InChI is InChI=1S/C26H22ClF3N4O3/c1-36-24-5-4-21(32-33-24)25(35)18-11-17(20(28)13-19(18)27)16-12-23(26(29)30)31-22-10-14(2-3-15(16)22)34-6-8-37-9-7-34/h2-5,10-13,25-26,35H,6-9H2,1H3/t25-/m1/s1. The highest BCUT2D eigenvalue weighted by Gasteiger charge is 2.23. The largest absolute Gasteiger partial charge is 0.480 e. The molecule has 0 unspecified atom stereocenters. The maximum Gasteiger partial charge on any atom is 0.280 e. The zero-order valence-corrected chi connectivity index (χ0v) is 20.4. The van der Waals surface area contributed by atoms with Crippen molar-refractivity contribution in [2.45, 2.75) is 12.5 Å². The van der Waals surface area contributed by atoms with Crippen LogP contribution in [-0.2, 0) is 4.74 Å². The molecular weight excluding hydrogens is 509 g/mol.